The Morgan fingerprint density at radius 2 is 1.75 bits per heavy atom. The third-order valence-electron chi connectivity index (χ3n) is 4.27. The first-order chi connectivity index (χ1) is 8.77. The van der Waals surface area contributed by atoms with E-state index in [4.69, 9.17) is 5.73 Å². The number of nitrogens with zero attached hydrogens (tertiary/aromatic N) is 1. The molecule has 0 atom stereocenters. The molecular formula is C13H27Cl2N3OS. The Balaban J connectivity index is 0.00000180. The summed E-state index contributed by atoms with van der Waals surface area (Å²) in [4.78, 5) is 14.0. The molecule has 1 saturated carbocycles. The molecule has 20 heavy (non-hydrogen) atoms. The smallest absolute Gasteiger partial charge is 0.233 e. The van der Waals surface area contributed by atoms with Crippen molar-refractivity contribution in [3.05, 3.63) is 0 Å². The molecule has 1 amide bonds. The first kappa shape index (κ1) is 20.3. The molecule has 4 nitrogen and oxygen atoms in total. The molecule has 3 N–H and O–H groups in total. The molecule has 120 valence electrons. The lowest BCUT2D eigenvalue weighted by molar-refractivity contribution is -0.120. The van der Waals surface area contributed by atoms with Gasteiger partial charge in [-0.2, -0.15) is 11.8 Å². The Kier molecular flexibility index (Phi) is 10.3. The Labute approximate surface area is 138 Å². The number of hydrogen-bond donors (Lipinski definition) is 2. The lowest BCUT2D eigenvalue weighted by atomic mass is 9.80. The van der Waals surface area contributed by atoms with Gasteiger partial charge in [-0.05, 0) is 12.8 Å². The summed E-state index contributed by atoms with van der Waals surface area (Å²) in [6.45, 7) is 3.23. The fraction of sp³-hybridized carbons (Fsp3) is 0.923. The maximum Gasteiger partial charge on any atom is 0.233 e. The van der Waals surface area contributed by atoms with Crippen LogP contribution in [0, 0.1) is 0 Å². The molecule has 0 aromatic carbocycles. The number of halogens is 2. The van der Waals surface area contributed by atoms with Crippen LogP contribution in [-0.2, 0) is 4.79 Å². The molecule has 0 unspecified atom stereocenters. The zero-order valence-electron chi connectivity index (χ0n) is 11.9. The molecule has 2 aliphatic rings. The largest absolute Gasteiger partial charge is 0.353 e. The molecular weight excluding hydrogens is 317 g/mol. The molecule has 7 heteroatoms. The van der Waals surface area contributed by atoms with Crippen molar-refractivity contribution >= 4 is 42.5 Å². The Morgan fingerprint density at radius 3 is 2.30 bits per heavy atom. The first-order valence-corrected chi connectivity index (χ1v) is 8.22. The van der Waals surface area contributed by atoms with E-state index in [-0.39, 0.29) is 42.8 Å². The van der Waals surface area contributed by atoms with Crippen LogP contribution in [-0.4, -0.2) is 54.0 Å². The highest BCUT2D eigenvalue weighted by Crippen LogP contribution is 2.34. The lowest BCUT2D eigenvalue weighted by Crippen LogP contribution is -2.59. The van der Waals surface area contributed by atoms with E-state index < -0.39 is 0 Å². The van der Waals surface area contributed by atoms with Gasteiger partial charge in [-0.15, -0.1) is 24.8 Å². The third kappa shape index (κ3) is 5.26. The molecule has 0 bridgehead atoms. The molecule has 0 radical (unpaired) electrons. The minimum absolute atomic E-state index is 0. The van der Waals surface area contributed by atoms with Crippen LogP contribution in [0.2, 0.25) is 0 Å². The van der Waals surface area contributed by atoms with Crippen LogP contribution < -0.4 is 11.1 Å². The summed E-state index contributed by atoms with van der Waals surface area (Å²) in [7, 11) is 0. The second-order valence-electron chi connectivity index (χ2n) is 5.37. The molecule has 0 aromatic rings. The van der Waals surface area contributed by atoms with Crippen LogP contribution in [0.1, 0.15) is 32.1 Å². The van der Waals surface area contributed by atoms with E-state index in [0.717, 1.165) is 6.54 Å². The van der Waals surface area contributed by atoms with E-state index in [2.05, 4.69) is 10.2 Å². The van der Waals surface area contributed by atoms with Gasteiger partial charge in [-0.1, -0.05) is 19.3 Å². The van der Waals surface area contributed by atoms with Crippen molar-refractivity contribution in [1.29, 1.82) is 0 Å². The van der Waals surface area contributed by atoms with E-state index >= 15 is 0 Å². The van der Waals surface area contributed by atoms with Gasteiger partial charge in [0.2, 0.25) is 5.91 Å². The first-order valence-electron chi connectivity index (χ1n) is 7.06. The van der Waals surface area contributed by atoms with Gasteiger partial charge < -0.3 is 11.1 Å². The number of rotatable bonds is 4. The minimum Gasteiger partial charge on any atom is -0.353 e. The Morgan fingerprint density at radius 1 is 1.15 bits per heavy atom. The highest BCUT2D eigenvalue weighted by Gasteiger charge is 2.38. The van der Waals surface area contributed by atoms with Gasteiger partial charge in [0.25, 0.3) is 0 Å². The molecule has 0 spiro atoms. The zero-order valence-corrected chi connectivity index (χ0v) is 14.4. The predicted molar refractivity (Wildman–Crippen MR) is 91.3 cm³/mol. The van der Waals surface area contributed by atoms with Crippen molar-refractivity contribution in [3.63, 3.8) is 0 Å². The van der Waals surface area contributed by atoms with Gasteiger partial charge in [0.15, 0.2) is 0 Å². The number of amides is 1. The summed E-state index contributed by atoms with van der Waals surface area (Å²) in [5.41, 5.74) is 5.59. The fourth-order valence-corrected chi connectivity index (χ4v) is 4.09. The van der Waals surface area contributed by atoms with Gasteiger partial charge in [-0.25, -0.2) is 0 Å². The number of thioether (sulfide) groups is 1. The number of carbonyl (C=O) groups excluding carboxylic acids is 1. The summed E-state index contributed by atoms with van der Waals surface area (Å²) in [5.74, 6) is 2.44. The molecule has 1 saturated heterocycles. The summed E-state index contributed by atoms with van der Waals surface area (Å²) in [6.07, 6.45) is 6.38. The van der Waals surface area contributed by atoms with E-state index in [1.165, 1.54) is 56.7 Å². The van der Waals surface area contributed by atoms with Crippen LogP contribution in [0.5, 0.6) is 0 Å². The maximum atomic E-state index is 11.4. The Bertz CT molecular complexity index is 283. The van der Waals surface area contributed by atoms with Gasteiger partial charge in [0, 0.05) is 36.7 Å². The SMILES string of the molecule is Cl.Cl.NCC(=O)NCC1(N2CCSCC2)CCCCC1. The van der Waals surface area contributed by atoms with Crippen molar-refractivity contribution in [2.24, 2.45) is 5.73 Å². The van der Waals surface area contributed by atoms with Crippen molar-refractivity contribution in [2.75, 3.05) is 37.7 Å². The molecule has 1 heterocycles. The van der Waals surface area contributed by atoms with Gasteiger partial charge in [-0.3, -0.25) is 9.69 Å². The number of hydrogen-bond acceptors (Lipinski definition) is 4. The van der Waals surface area contributed by atoms with Crippen molar-refractivity contribution in [3.8, 4) is 0 Å². The maximum absolute atomic E-state index is 11.4. The monoisotopic (exact) mass is 343 g/mol. The van der Waals surface area contributed by atoms with Crippen LogP contribution >= 0.6 is 36.6 Å². The molecule has 1 aliphatic heterocycles. The van der Waals surface area contributed by atoms with Crippen molar-refractivity contribution in [2.45, 2.75) is 37.6 Å². The number of carbonyl (C=O) groups is 1. The molecule has 1 aliphatic carbocycles. The van der Waals surface area contributed by atoms with Gasteiger partial charge >= 0.3 is 0 Å². The second kappa shape index (κ2) is 10.1. The minimum atomic E-state index is -0.0219. The normalized spacial score (nSPS) is 22.2. The van der Waals surface area contributed by atoms with Crippen LogP contribution in [0.4, 0.5) is 0 Å². The van der Waals surface area contributed by atoms with Crippen LogP contribution in [0.25, 0.3) is 0 Å². The van der Waals surface area contributed by atoms with Crippen molar-refractivity contribution < 1.29 is 4.79 Å². The van der Waals surface area contributed by atoms with Gasteiger partial charge in [0.1, 0.15) is 0 Å². The van der Waals surface area contributed by atoms with Crippen LogP contribution in [0.3, 0.4) is 0 Å². The molecule has 2 rings (SSSR count). The van der Waals surface area contributed by atoms with Gasteiger partial charge in [0.05, 0.1) is 6.54 Å². The predicted octanol–water partition coefficient (Wildman–Crippen LogP) is 1.66. The zero-order chi connectivity index (χ0) is 12.8. The highest BCUT2D eigenvalue weighted by molar-refractivity contribution is 7.99. The quantitative estimate of drug-likeness (QED) is 0.814. The topological polar surface area (TPSA) is 58.4 Å². The van der Waals surface area contributed by atoms with E-state index in [1.807, 2.05) is 11.8 Å². The Hall–Kier alpha value is 0.320. The standard InChI is InChI=1S/C13H25N3OS.2ClH/c14-10-12(17)15-11-13(4-2-1-3-5-13)16-6-8-18-9-7-16;;/h1-11,14H2,(H,15,17);2*1H. The second-order valence-corrected chi connectivity index (χ2v) is 6.59. The summed E-state index contributed by atoms with van der Waals surface area (Å²) < 4.78 is 0. The number of nitrogens with one attached hydrogen (secondary N) is 1. The fourth-order valence-electron chi connectivity index (χ4n) is 3.19. The average Bonchev–Trinajstić information content (AvgIpc) is 2.46. The van der Waals surface area contributed by atoms with Crippen molar-refractivity contribution in [1.82, 2.24) is 10.2 Å². The van der Waals surface area contributed by atoms with E-state index in [9.17, 15) is 4.79 Å². The highest BCUT2D eigenvalue weighted by atomic mass is 35.5. The molecule has 0 aromatic heterocycles. The van der Waals surface area contributed by atoms with E-state index in [1.54, 1.807) is 0 Å². The van der Waals surface area contributed by atoms with Crippen LogP contribution in [0.15, 0.2) is 0 Å². The summed E-state index contributed by atoms with van der Waals surface area (Å²) in [6, 6.07) is 0. The average molecular weight is 344 g/mol. The summed E-state index contributed by atoms with van der Waals surface area (Å²) >= 11 is 2.04. The number of nitrogens with two attached hydrogens (primary N) is 1. The lowest BCUT2D eigenvalue weighted by Gasteiger charge is -2.48. The third-order valence-corrected chi connectivity index (χ3v) is 5.21. The molecule has 2 fully saturated rings. The van der Waals surface area contributed by atoms with E-state index in [0.29, 0.717) is 0 Å². The summed E-state index contributed by atoms with van der Waals surface area (Å²) in [5, 5.41) is 3.03.